The van der Waals surface area contributed by atoms with E-state index in [4.69, 9.17) is 6.42 Å². The van der Waals surface area contributed by atoms with Crippen molar-refractivity contribution < 1.29 is 0 Å². The van der Waals surface area contributed by atoms with E-state index in [9.17, 15) is 4.79 Å². The van der Waals surface area contributed by atoms with Crippen molar-refractivity contribution in [3.63, 3.8) is 0 Å². The van der Waals surface area contributed by atoms with Gasteiger partial charge in [-0.2, -0.15) is 10.2 Å². The Morgan fingerprint density at radius 3 is 2.80 bits per heavy atom. The second-order valence-electron chi connectivity index (χ2n) is 4.27. The average Bonchev–Trinajstić information content (AvgIpc) is 2.75. The van der Waals surface area contributed by atoms with E-state index < -0.39 is 0 Å². The van der Waals surface area contributed by atoms with Gasteiger partial charge in [-0.1, -0.05) is 5.92 Å². The van der Waals surface area contributed by atoms with Crippen molar-refractivity contribution in [3.8, 4) is 12.3 Å². The van der Waals surface area contributed by atoms with Crippen molar-refractivity contribution in [2.45, 2.75) is 20.0 Å². The molecule has 6 nitrogen and oxygen atoms in total. The van der Waals surface area contributed by atoms with Crippen LogP contribution in [0.5, 0.6) is 0 Å². The zero-order valence-corrected chi connectivity index (χ0v) is 12.8. The second kappa shape index (κ2) is 5.92. The normalized spacial score (nSPS) is 10.3. The molecule has 0 fully saturated rings. The molecule has 0 unspecified atom stereocenters. The summed E-state index contributed by atoms with van der Waals surface area (Å²) in [4.78, 5) is 12.0. The molecule has 0 atom stereocenters. The Hall–Kier alpha value is -2.07. The Morgan fingerprint density at radius 2 is 2.20 bits per heavy atom. The third-order valence-corrected chi connectivity index (χ3v) is 3.80. The lowest BCUT2D eigenvalue weighted by Gasteiger charge is -2.09. The minimum Gasteiger partial charge on any atom is -0.378 e. The third kappa shape index (κ3) is 2.75. The SMILES string of the molecule is C#CCn1ncc(NCc2cnn(C)c2C)c(Br)c1=O. The number of rotatable bonds is 4. The second-order valence-corrected chi connectivity index (χ2v) is 5.06. The number of halogens is 1. The van der Waals surface area contributed by atoms with Gasteiger partial charge in [-0.15, -0.1) is 6.42 Å². The summed E-state index contributed by atoms with van der Waals surface area (Å²) in [6, 6.07) is 0. The van der Waals surface area contributed by atoms with Crippen LogP contribution in [0, 0.1) is 19.3 Å². The summed E-state index contributed by atoms with van der Waals surface area (Å²) in [5, 5.41) is 11.4. The largest absolute Gasteiger partial charge is 0.378 e. The number of aromatic nitrogens is 4. The number of hydrogen-bond acceptors (Lipinski definition) is 4. The highest BCUT2D eigenvalue weighted by Gasteiger charge is 2.09. The molecule has 1 N–H and O–H groups in total. The molecule has 0 saturated carbocycles. The molecule has 2 aromatic rings. The number of anilines is 1. The van der Waals surface area contributed by atoms with Gasteiger partial charge in [0.05, 0.1) is 18.1 Å². The minimum atomic E-state index is -0.254. The summed E-state index contributed by atoms with van der Waals surface area (Å²) in [6.07, 6.45) is 8.55. The van der Waals surface area contributed by atoms with E-state index in [-0.39, 0.29) is 12.1 Å². The Balaban J connectivity index is 2.19. The van der Waals surface area contributed by atoms with Gasteiger partial charge in [0.1, 0.15) is 11.0 Å². The van der Waals surface area contributed by atoms with Crippen molar-refractivity contribution in [2.75, 3.05) is 5.32 Å². The fraction of sp³-hybridized carbons (Fsp3) is 0.308. The zero-order chi connectivity index (χ0) is 14.7. The molecule has 0 radical (unpaired) electrons. The van der Waals surface area contributed by atoms with E-state index in [0.717, 1.165) is 11.3 Å². The van der Waals surface area contributed by atoms with Crippen molar-refractivity contribution in [1.82, 2.24) is 19.6 Å². The average molecular weight is 336 g/mol. The van der Waals surface area contributed by atoms with Crippen LogP contribution in [0.15, 0.2) is 21.7 Å². The van der Waals surface area contributed by atoms with Crippen LogP contribution in [0.4, 0.5) is 5.69 Å². The molecule has 0 aliphatic carbocycles. The van der Waals surface area contributed by atoms with Gasteiger partial charge >= 0.3 is 0 Å². The molecular formula is C13H14BrN5O. The fourth-order valence-corrected chi connectivity index (χ4v) is 2.14. The Bertz CT molecular complexity index is 725. The first kappa shape index (κ1) is 14.3. The van der Waals surface area contributed by atoms with Crippen LogP contribution in [-0.4, -0.2) is 19.6 Å². The summed E-state index contributed by atoms with van der Waals surface area (Å²) in [7, 11) is 1.89. The van der Waals surface area contributed by atoms with Gasteiger partial charge in [0, 0.05) is 24.8 Å². The van der Waals surface area contributed by atoms with Gasteiger partial charge < -0.3 is 5.32 Å². The number of terminal acetylenes is 1. The first-order valence-electron chi connectivity index (χ1n) is 5.95. The highest BCUT2D eigenvalue weighted by atomic mass is 79.9. The van der Waals surface area contributed by atoms with Gasteiger partial charge in [-0.25, -0.2) is 4.68 Å². The number of aryl methyl sites for hydroxylation is 1. The van der Waals surface area contributed by atoms with Crippen LogP contribution < -0.4 is 10.9 Å². The van der Waals surface area contributed by atoms with Crippen LogP contribution in [0.1, 0.15) is 11.3 Å². The fourth-order valence-electron chi connectivity index (χ4n) is 1.70. The molecule has 104 valence electrons. The summed E-state index contributed by atoms with van der Waals surface area (Å²) in [5.74, 6) is 2.39. The predicted molar refractivity (Wildman–Crippen MR) is 80.3 cm³/mol. The summed E-state index contributed by atoms with van der Waals surface area (Å²) < 4.78 is 3.45. The molecule has 0 spiro atoms. The molecule has 7 heteroatoms. The maximum Gasteiger partial charge on any atom is 0.284 e. The van der Waals surface area contributed by atoms with E-state index in [1.54, 1.807) is 17.1 Å². The lowest BCUT2D eigenvalue weighted by Crippen LogP contribution is -2.24. The number of nitrogens with one attached hydrogen (secondary N) is 1. The molecule has 0 aliphatic rings. The molecule has 2 rings (SSSR count). The van der Waals surface area contributed by atoms with Gasteiger partial charge in [-0.3, -0.25) is 9.48 Å². The first-order valence-corrected chi connectivity index (χ1v) is 6.74. The molecular weight excluding hydrogens is 322 g/mol. The smallest absolute Gasteiger partial charge is 0.284 e. The van der Waals surface area contributed by atoms with Crippen LogP contribution in [-0.2, 0) is 20.1 Å². The summed E-state index contributed by atoms with van der Waals surface area (Å²) >= 11 is 3.27. The van der Waals surface area contributed by atoms with E-state index in [0.29, 0.717) is 16.7 Å². The van der Waals surface area contributed by atoms with Crippen LogP contribution in [0.25, 0.3) is 0 Å². The van der Waals surface area contributed by atoms with Crippen molar-refractivity contribution in [3.05, 3.63) is 38.5 Å². The minimum absolute atomic E-state index is 0.152. The highest BCUT2D eigenvalue weighted by Crippen LogP contribution is 2.17. The lowest BCUT2D eigenvalue weighted by molar-refractivity contribution is 0.659. The van der Waals surface area contributed by atoms with Crippen LogP contribution in [0.3, 0.4) is 0 Å². The van der Waals surface area contributed by atoms with Crippen molar-refractivity contribution in [2.24, 2.45) is 7.05 Å². The van der Waals surface area contributed by atoms with Gasteiger partial charge in [0.15, 0.2) is 0 Å². The standard InChI is InChI=1S/C13H14BrN5O/c1-4-5-19-13(20)12(14)11(8-17-19)15-6-10-7-16-18(3)9(10)2/h1,7-8,15H,5-6H2,2-3H3. The van der Waals surface area contributed by atoms with Crippen LogP contribution >= 0.6 is 15.9 Å². The number of hydrogen-bond donors (Lipinski definition) is 1. The maximum absolute atomic E-state index is 12.0. The molecule has 0 aliphatic heterocycles. The summed E-state index contributed by atoms with van der Waals surface area (Å²) in [6.45, 7) is 2.71. The quantitative estimate of drug-likeness (QED) is 0.855. The van der Waals surface area contributed by atoms with Crippen molar-refractivity contribution >= 4 is 21.6 Å². The molecule has 0 bridgehead atoms. The highest BCUT2D eigenvalue weighted by molar-refractivity contribution is 9.10. The first-order chi connectivity index (χ1) is 9.54. The van der Waals surface area contributed by atoms with Gasteiger partial charge in [-0.05, 0) is 22.9 Å². The molecule has 0 amide bonds. The zero-order valence-electron chi connectivity index (χ0n) is 11.2. The van der Waals surface area contributed by atoms with E-state index in [1.807, 2.05) is 14.0 Å². The molecule has 2 aromatic heterocycles. The Labute approximate surface area is 124 Å². The van der Waals surface area contributed by atoms with E-state index in [2.05, 4.69) is 37.4 Å². The maximum atomic E-state index is 12.0. The lowest BCUT2D eigenvalue weighted by atomic mass is 10.2. The monoisotopic (exact) mass is 335 g/mol. The van der Waals surface area contributed by atoms with Gasteiger partial charge in [0.2, 0.25) is 0 Å². The molecule has 2 heterocycles. The number of nitrogens with zero attached hydrogens (tertiary/aromatic N) is 4. The third-order valence-electron chi connectivity index (χ3n) is 3.03. The van der Waals surface area contributed by atoms with E-state index in [1.165, 1.54) is 4.68 Å². The predicted octanol–water partition coefficient (Wildman–Crippen LogP) is 1.29. The topological polar surface area (TPSA) is 64.7 Å². The van der Waals surface area contributed by atoms with Crippen LogP contribution in [0.2, 0.25) is 0 Å². The molecule has 0 saturated heterocycles. The van der Waals surface area contributed by atoms with Crippen molar-refractivity contribution in [1.29, 1.82) is 0 Å². The van der Waals surface area contributed by atoms with Gasteiger partial charge in [0.25, 0.3) is 5.56 Å². The molecule has 0 aromatic carbocycles. The van der Waals surface area contributed by atoms with E-state index >= 15 is 0 Å². The Morgan fingerprint density at radius 1 is 1.45 bits per heavy atom. The summed E-state index contributed by atoms with van der Waals surface area (Å²) in [5.41, 5.74) is 2.51. The Kier molecular flexibility index (Phi) is 4.25. The molecule has 20 heavy (non-hydrogen) atoms.